The number of esters is 1. The average Bonchev–Trinajstić information content (AvgIpc) is 3.66. The van der Waals surface area contributed by atoms with E-state index in [0.29, 0.717) is 47.5 Å². The Morgan fingerprint density at radius 1 is 1.05 bits per heavy atom. The molecule has 3 aliphatic heterocycles. The quantitative estimate of drug-likeness (QED) is 0.314. The van der Waals surface area contributed by atoms with Gasteiger partial charge in [0.1, 0.15) is 11.8 Å². The first-order valence-corrected chi connectivity index (χ1v) is 15.4. The van der Waals surface area contributed by atoms with E-state index in [4.69, 9.17) is 9.47 Å². The Hall–Kier alpha value is -3.26. The summed E-state index contributed by atoms with van der Waals surface area (Å²) in [6, 6.07) is 9.99. The van der Waals surface area contributed by atoms with Crippen molar-refractivity contribution in [3.05, 3.63) is 66.8 Å². The molecule has 0 radical (unpaired) electrons. The summed E-state index contributed by atoms with van der Waals surface area (Å²) in [5, 5.41) is 1.70. The molecule has 40 heavy (non-hydrogen) atoms. The molecule has 5 heterocycles. The number of ether oxygens (including phenoxy) is 2. The molecule has 0 N–H and O–H groups in total. The van der Waals surface area contributed by atoms with Gasteiger partial charge in [-0.15, -0.1) is 11.3 Å². The monoisotopic (exact) mass is 599 g/mol. The predicted molar refractivity (Wildman–Crippen MR) is 150 cm³/mol. The van der Waals surface area contributed by atoms with Crippen molar-refractivity contribution >= 4 is 63.8 Å². The summed E-state index contributed by atoms with van der Waals surface area (Å²) >= 11 is 3.69. The Balaban J connectivity index is 1.36. The number of rotatable bonds is 6. The number of anilines is 1. The van der Waals surface area contributed by atoms with Gasteiger partial charge in [0.25, 0.3) is 0 Å². The van der Waals surface area contributed by atoms with Crippen molar-refractivity contribution in [2.75, 3.05) is 37.8 Å². The first-order valence-electron chi connectivity index (χ1n) is 12.8. The highest BCUT2D eigenvalue weighted by molar-refractivity contribution is 8.00. The molecule has 3 aromatic rings. The van der Waals surface area contributed by atoms with E-state index >= 15 is 0 Å². The highest BCUT2D eigenvalue weighted by Gasteiger charge is 2.57. The van der Waals surface area contributed by atoms with E-state index in [1.807, 2.05) is 17.5 Å². The lowest BCUT2D eigenvalue weighted by Crippen LogP contribution is -2.43. The third kappa shape index (κ3) is 4.60. The number of morpholine rings is 1. The van der Waals surface area contributed by atoms with Crippen LogP contribution in [0.2, 0.25) is 0 Å². The first-order chi connectivity index (χ1) is 19.4. The molecule has 10 nitrogen and oxygen atoms in total. The minimum atomic E-state index is -0.768. The maximum Gasteiger partial charge on any atom is 0.338 e. The highest BCUT2D eigenvalue weighted by atomic mass is 32.2. The van der Waals surface area contributed by atoms with Gasteiger partial charge in [-0.2, -0.15) is 0 Å². The van der Waals surface area contributed by atoms with Crippen LogP contribution in [0.25, 0.3) is 0 Å². The standard InChI is InChI=1S/C27H25N3O7S3/c1-2-37-26(34)15-5-7-16(8-6-15)30-23(32)20-19(17-4-3-13-38-17)22-25(39-21(20)24(30)33)29(27(35)40-22)14-18(31)28-9-11-36-12-10-28/h3-8,13,19-21H,2,9-12,14H2,1H3/t19-,20?,21?/m1/s1. The Kier molecular flexibility index (Phi) is 7.38. The Bertz CT molecular complexity index is 1520. The van der Waals surface area contributed by atoms with E-state index in [1.165, 1.54) is 44.7 Å². The SMILES string of the molecule is CCOC(=O)c1ccc(N2C(=O)C3Sc4c(sc(=O)n4CC(=O)N4CCOCC4)[C@H](c4cccs4)C3C2=O)cc1. The molecule has 3 aliphatic rings. The maximum atomic E-state index is 13.9. The molecule has 6 rings (SSSR count). The lowest BCUT2D eigenvalue weighted by atomic mass is 9.87. The summed E-state index contributed by atoms with van der Waals surface area (Å²) in [6.07, 6.45) is 0. The molecule has 0 bridgehead atoms. The van der Waals surface area contributed by atoms with Crippen LogP contribution in [0.4, 0.5) is 5.69 Å². The lowest BCUT2D eigenvalue weighted by molar-refractivity contribution is -0.136. The van der Waals surface area contributed by atoms with Crippen LogP contribution in [0.5, 0.6) is 0 Å². The predicted octanol–water partition coefficient (Wildman–Crippen LogP) is 2.80. The number of carbonyl (C=O) groups is 4. The number of aromatic nitrogens is 1. The van der Waals surface area contributed by atoms with Gasteiger partial charge in [0.2, 0.25) is 17.7 Å². The van der Waals surface area contributed by atoms with Crippen LogP contribution in [-0.2, 0) is 30.4 Å². The van der Waals surface area contributed by atoms with E-state index in [1.54, 1.807) is 24.0 Å². The minimum Gasteiger partial charge on any atom is -0.462 e. The van der Waals surface area contributed by atoms with Gasteiger partial charge in [0, 0.05) is 28.8 Å². The number of hydrogen-bond acceptors (Lipinski definition) is 10. The number of amides is 3. The number of nitrogens with zero attached hydrogens (tertiary/aromatic N) is 3. The van der Waals surface area contributed by atoms with Crippen LogP contribution in [0, 0.1) is 5.92 Å². The molecular formula is C27H25N3O7S3. The van der Waals surface area contributed by atoms with Gasteiger partial charge in [-0.1, -0.05) is 29.2 Å². The molecule has 3 atom stereocenters. The van der Waals surface area contributed by atoms with Crippen LogP contribution in [-0.4, -0.2) is 71.3 Å². The number of thiophene rings is 1. The highest BCUT2D eigenvalue weighted by Crippen LogP contribution is 2.54. The fourth-order valence-corrected chi connectivity index (χ4v) is 9.01. The zero-order chi connectivity index (χ0) is 28.0. The van der Waals surface area contributed by atoms with E-state index in [-0.39, 0.29) is 35.7 Å². The van der Waals surface area contributed by atoms with Gasteiger partial charge in [-0.05, 0) is 42.6 Å². The summed E-state index contributed by atoms with van der Waals surface area (Å²) < 4.78 is 11.8. The van der Waals surface area contributed by atoms with Crippen LogP contribution >= 0.6 is 34.4 Å². The average molecular weight is 600 g/mol. The summed E-state index contributed by atoms with van der Waals surface area (Å²) in [5.41, 5.74) is 0.690. The fraction of sp³-hybridized carbons (Fsp3) is 0.370. The Morgan fingerprint density at radius 3 is 2.48 bits per heavy atom. The normalized spacial score (nSPS) is 22.3. The fourth-order valence-electron chi connectivity index (χ4n) is 5.29. The van der Waals surface area contributed by atoms with Crippen molar-refractivity contribution in [2.24, 2.45) is 5.92 Å². The van der Waals surface area contributed by atoms with Crippen LogP contribution in [0.3, 0.4) is 0 Å². The Labute approximate surface area is 241 Å². The van der Waals surface area contributed by atoms with Gasteiger partial charge in [-0.25, -0.2) is 9.69 Å². The maximum absolute atomic E-state index is 13.9. The number of benzene rings is 1. The van der Waals surface area contributed by atoms with Crippen LogP contribution in [0.1, 0.15) is 33.0 Å². The third-order valence-electron chi connectivity index (χ3n) is 7.19. The van der Waals surface area contributed by atoms with Crippen LogP contribution < -0.4 is 9.77 Å². The molecule has 0 saturated carbocycles. The van der Waals surface area contributed by atoms with Crippen molar-refractivity contribution in [1.29, 1.82) is 0 Å². The molecule has 2 unspecified atom stereocenters. The zero-order valence-electron chi connectivity index (χ0n) is 21.4. The van der Waals surface area contributed by atoms with E-state index < -0.39 is 23.1 Å². The minimum absolute atomic E-state index is 0.132. The number of thiazole rings is 1. The van der Waals surface area contributed by atoms with Crippen molar-refractivity contribution in [3.8, 4) is 0 Å². The summed E-state index contributed by atoms with van der Waals surface area (Å²) in [5.74, 6) is -2.61. The second kappa shape index (κ2) is 11.0. The zero-order valence-corrected chi connectivity index (χ0v) is 23.9. The third-order valence-corrected chi connectivity index (χ3v) is 10.8. The van der Waals surface area contributed by atoms with Gasteiger partial charge < -0.3 is 14.4 Å². The number of thioether (sulfide) groups is 1. The van der Waals surface area contributed by atoms with Crippen molar-refractivity contribution in [3.63, 3.8) is 0 Å². The molecule has 0 spiro atoms. The molecule has 208 valence electrons. The van der Waals surface area contributed by atoms with Crippen molar-refractivity contribution < 1.29 is 28.7 Å². The van der Waals surface area contributed by atoms with Gasteiger partial charge in [0.05, 0.1) is 42.0 Å². The second-order valence-corrected chi connectivity index (χ2v) is 12.6. The lowest BCUT2D eigenvalue weighted by Gasteiger charge is -2.30. The second-order valence-electron chi connectivity index (χ2n) is 9.45. The summed E-state index contributed by atoms with van der Waals surface area (Å²) in [7, 11) is 0. The summed E-state index contributed by atoms with van der Waals surface area (Å²) in [6.45, 7) is 3.66. The Morgan fingerprint density at radius 2 is 1.80 bits per heavy atom. The summed E-state index contributed by atoms with van der Waals surface area (Å²) in [4.78, 5) is 70.2. The van der Waals surface area contributed by atoms with Gasteiger partial charge in [0.15, 0.2) is 0 Å². The topological polar surface area (TPSA) is 115 Å². The van der Waals surface area contributed by atoms with Gasteiger partial charge >= 0.3 is 10.8 Å². The van der Waals surface area contributed by atoms with E-state index in [9.17, 15) is 24.0 Å². The molecule has 2 saturated heterocycles. The number of carbonyl (C=O) groups excluding carboxylic acids is 4. The van der Waals surface area contributed by atoms with Gasteiger partial charge in [-0.3, -0.25) is 23.7 Å². The molecule has 13 heteroatoms. The van der Waals surface area contributed by atoms with E-state index in [2.05, 4.69) is 0 Å². The molecule has 2 aromatic heterocycles. The number of hydrogen-bond donors (Lipinski definition) is 0. The largest absolute Gasteiger partial charge is 0.462 e. The van der Waals surface area contributed by atoms with Crippen molar-refractivity contribution in [2.45, 2.75) is 29.7 Å². The molecular weight excluding hydrogens is 575 g/mol. The first kappa shape index (κ1) is 26.9. The van der Waals surface area contributed by atoms with Crippen LogP contribution in [0.15, 0.2) is 51.6 Å². The molecule has 3 amide bonds. The number of fused-ring (bicyclic) bond motifs is 2. The molecule has 0 aliphatic carbocycles. The molecule has 1 aromatic carbocycles. The van der Waals surface area contributed by atoms with Crippen molar-refractivity contribution in [1.82, 2.24) is 9.47 Å². The van der Waals surface area contributed by atoms with E-state index in [0.717, 1.165) is 16.2 Å². The number of imide groups is 1. The molecule has 2 fully saturated rings. The smallest absolute Gasteiger partial charge is 0.338 e.